The second-order valence-corrected chi connectivity index (χ2v) is 4.24. The van der Waals surface area contributed by atoms with Gasteiger partial charge >= 0.3 is 0 Å². The van der Waals surface area contributed by atoms with Gasteiger partial charge in [-0.1, -0.05) is 20.8 Å². The number of morpholine rings is 1. The van der Waals surface area contributed by atoms with Crippen LogP contribution in [-0.2, 0) is 4.74 Å². The summed E-state index contributed by atoms with van der Waals surface area (Å²) in [7, 11) is 0. The summed E-state index contributed by atoms with van der Waals surface area (Å²) in [6.07, 6.45) is 4.16. The van der Waals surface area contributed by atoms with Crippen LogP contribution >= 0.6 is 0 Å². The van der Waals surface area contributed by atoms with E-state index >= 15 is 0 Å². The quantitative estimate of drug-likeness (QED) is 0.712. The van der Waals surface area contributed by atoms with Crippen molar-refractivity contribution in [2.75, 3.05) is 19.8 Å². The van der Waals surface area contributed by atoms with Gasteiger partial charge in [-0.3, -0.25) is 0 Å². The van der Waals surface area contributed by atoms with Gasteiger partial charge in [0, 0.05) is 12.6 Å². The fourth-order valence-corrected chi connectivity index (χ4v) is 1.76. The summed E-state index contributed by atoms with van der Waals surface area (Å²) in [6.45, 7) is 9.24. The highest BCUT2D eigenvalue weighted by molar-refractivity contribution is 4.92. The standard InChI is InChI=1S/C9H17NO.C2H6/c1-9(2-3-9)6-8-7-11-5-4-10-8;1-2/h8,10H,2-7H2,1H3;1-2H3. The summed E-state index contributed by atoms with van der Waals surface area (Å²) in [5, 5.41) is 3.49. The van der Waals surface area contributed by atoms with E-state index in [0.717, 1.165) is 19.8 Å². The van der Waals surface area contributed by atoms with Crippen molar-refractivity contribution in [3.63, 3.8) is 0 Å². The molecule has 1 atom stereocenters. The van der Waals surface area contributed by atoms with Gasteiger partial charge in [0.2, 0.25) is 0 Å². The van der Waals surface area contributed by atoms with Gasteiger partial charge in [-0.05, 0) is 24.7 Å². The van der Waals surface area contributed by atoms with Crippen molar-refractivity contribution in [1.29, 1.82) is 0 Å². The minimum atomic E-state index is 0.635. The first-order valence-electron chi connectivity index (χ1n) is 5.60. The van der Waals surface area contributed by atoms with Gasteiger partial charge in [-0.15, -0.1) is 0 Å². The van der Waals surface area contributed by atoms with Crippen molar-refractivity contribution in [1.82, 2.24) is 5.32 Å². The average Bonchev–Trinajstić information content (AvgIpc) is 2.88. The molecule has 0 amide bonds. The number of nitrogens with one attached hydrogen (secondary N) is 1. The second-order valence-electron chi connectivity index (χ2n) is 4.24. The molecule has 0 bridgehead atoms. The topological polar surface area (TPSA) is 21.3 Å². The molecule has 0 aromatic rings. The van der Waals surface area contributed by atoms with Crippen LogP contribution < -0.4 is 5.32 Å². The van der Waals surface area contributed by atoms with E-state index in [-0.39, 0.29) is 0 Å². The van der Waals surface area contributed by atoms with Gasteiger partial charge in [-0.2, -0.15) is 0 Å². The lowest BCUT2D eigenvalue weighted by Crippen LogP contribution is -2.42. The SMILES string of the molecule is CC.CC1(CC2COCCN2)CC1. The molecule has 1 heterocycles. The summed E-state index contributed by atoms with van der Waals surface area (Å²) < 4.78 is 5.39. The van der Waals surface area contributed by atoms with Crippen LogP contribution in [-0.4, -0.2) is 25.8 Å². The van der Waals surface area contributed by atoms with Gasteiger partial charge in [0.15, 0.2) is 0 Å². The Balaban J connectivity index is 0.000000396. The van der Waals surface area contributed by atoms with Crippen molar-refractivity contribution in [3.8, 4) is 0 Å². The molecule has 1 saturated carbocycles. The molecule has 1 aliphatic carbocycles. The van der Waals surface area contributed by atoms with Gasteiger partial charge in [0.25, 0.3) is 0 Å². The van der Waals surface area contributed by atoms with Crippen LogP contribution in [0.2, 0.25) is 0 Å². The Morgan fingerprint density at radius 3 is 2.54 bits per heavy atom. The molecule has 1 saturated heterocycles. The van der Waals surface area contributed by atoms with E-state index in [1.165, 1.54) is 19.3 Å². The zero-order valence-corrected chi connectivity index (χ0v) is 9.23. The third kappa shape index (κ3) is 3.65. The van der Waals surface area contributed by atoms with Gasteiger partial charge in [-0.25, -0.2) is 0 Å². The molecule has 0 radical (unpaired) electrons. The van der Waals surface area contributed by atoms with Crippen molar-refractivity contribution in [2.24, 2.45) is 5.41 Å². The Bertz CT molecular complexity index is 137. The van der Waals surface area contributed by atoms with E-state index in [1.807, 2.05) is 13.8 Å². The Morgan fingerprint density at radius 1 is 1.38 bits per heavy atom. The van der Waals surface area contributed by atoms with Crippen LogP contribution in [0.4, 0.5) is 0 Å². The van der Waals surface area contributed by atoms with E-state index in [0.29, 0.717) is 11.5 Å². The molecule has 2 aliphatic rings. The molecule has 0 aromatic heterocycles. The molecule has 78 valence electrons. The first-order chi connectivity index (χ1) is 6.29. The first-order valence-corrected chi connectivity index (χ1v) is 5.60. The number of rotatable bonds is 2. The predicted octanol–water partition coefficient (Wildman–Crippen LogP) is 2.19. The number of ether oxygens (including phenoxy) is 1. The lowest BCUT2D eigenvalue weighted by atomic mass is 9.99. The normalized spacial score (nSPS) is 30.2. The fourth-order valence-electron chi connectivity index (χ4n) is 1.76. The lowest BCUT2D eigenvalue weighted by molar-refractivity contribution is 0.0679. The molecule has 1 N–H and O–H groups in total. The average molecular weight is 185 g/mol. The van der Waals surface area contributed by atoms with Gasteiger partial charge < -0.3 is 10.1 Å². The lowest BCUT2D eigenvalue weighted by Gasteiger charge is -2.26. The molecule has 2 nitrogen and oxygen atoms in total. The largest absolute Gasteiger partial charge is 0.379 e. The Hall–Kier alpha value is -0.0800. The van der Waals surface area contributed by atoms with E-state index in [2.05, 4.69) is 12.2 Å². The minimum Gasteiger partial charge on any atom is -0.379 e. The molecular formula is C11H23NO. The summed E-state index contributed by atoms with van der Waals surface area (Å²) in [6, 6.07) is 0.635. The molecule has 0 aromatic carbocycles. The van der Waals surface area contributed by atoms with Gasteiger partial charge in [0.05, 0.1) is 13.2 Å². The predicted molar refractivity (Wildman–Crippen MR) is 55.9 cm³/mol. The highest BCUT2D eigenvalue weighted by Gasteiger charge is 2.39. The fraction of sp³-hybridized carbons (Fsp3) is 1.00. The highest BCUT2D eigenvalue weighted by Crippen LogP contribution is 2.48. The maximum Gasteiger partial charge on any atom is 0.0620 e. The number of hydrogen-bond acceptors (Lipinski definition) is 2. The summed E-state index contributed by atoms with van der Waals surface area (Å²) in [4.78, 5) is 0. The summed E-state index contributed by atoms with van der Waals surface area (Å²) in [5.74, 6) is 0. The minimum absolute atomic E-state index is 0.635. The maximum absolute atomic E-state index is 5.39. The smallest absolute Gasteiger partial charge is 0.0620 e. The second kappa shape index (κ2) is 4.97. The summed E-state index contributed by atoms with van der Waals surface area (Å²) >= 11 is 0. The van der Waals surface area contributed by atoms with Crippen LogP contribution in [0.3, 0.4) is 0 Å². The van der Waals surface area contributed by atoms with Crippen molar-refractivity contribution >= 4 is 0 Å². The maximum atomic E-state index is 5.39. The van der Waals surface area contributed by atoms with Crippen LogP contribution in [0.1, 0.15) is 40.0 Å². The molecule has 1 unspecified atom stereocenters. The highest BCUT2D eigenvalue weighted by atomic mass is 16.5. The molecule has 13 heavy (non-hydrogen) atoms. The van der Waals surface area contributed by atoms with E-state index < -0.39 is 0 Å². The van der Waals surface area contributed by atoms with Crippen LogP contribution in [0.25, 0.3) is 0 Å². The molecule has 2 fully saturated rings. The first kappa shape index (κ1) is 11.0. The third-order valence-corrected chi connectivity index (χ3v) is 2.84. The van der Waals surface area contributed by atoms with Gasteiger partial charge in [0.1, 0.15) is 0 Å². The molecular weight excluding hydrogens is 162 g/mol. The zero-order chi connectivity index (χ0) is 9.73. The monoisotopic (exact) mass is 185 g/mol. The Kier molecular flexibility index (Phi) is 4.20. The Morgan fingerprint density at radius 2 is 2.08 bits per heavy atom. The van der Waals surface area contributed by atoms with Crippen molar-refractivity contribution in [3.05, 3.63) is 0 Å². The third-order valence-electron chi connectivity index (χ3n) is 2.84. The molecule has 2 heteroatoms. The Labute approximate surface area is 82.0 Å². The molecule has 0 spiro atoms. The zero-order valence-electron chi connectivity index (χ0n) is 9.23. The van der Waals surface area contributed by atoms with Crippen LogP contribution in [0.5, 0.6) is 0 Å². The number of hydrogen-bond donors (Lipinski definition) is 1. The van der Waals surface area contributed by atoms with Crippen molar-refractivity contribution < 1.29 is 4.74 Å². The van der Waals surface area contributed by atoms with Crippen molar-refractivity contribution in [2.45, 2.75) is 46.1 Å². The van der Waals surface area contributed by atoms with Crippen LogP contribution in [0, 0.1) is 5.41 Å². The molecule has 1 aliphatic heterocycles. The molecule has 2 rings (SSSR count). The summed E-state index contributed by atoms with van der Waals surface area (Å²) in [5.41, 5.74) is 0.665. The van der Waals surface area contributed by atoms with Crippen LogP contribution in [0.15, 0.2) is 0 Å². The van der Waals surface area contributed by atoms with E-state index in [1.54, 1.807) is 0 Å². The van der Waals surface area contributed by atoms with E-state index in [4.69, 9.17) is 4.74 Å². The van der Waals surface area contributed by atoms with E-state index in [9.17, 15) is 0 Å².